The normalized spacial score (nSPS) is 11.4. The van der Waals surface area contributed by atoms with E-state index in [1.54, 1.807) is 24.3 Å². The van der Waals surface area contributed by atoms with Gasteiger partial charge in [0.15, 0.2) is 7.11 Å². The summed E-state index contributed by atoms with van der Waals surface area (Å²) in [5.41, 5.74) is 1.90. The van der Waals surface area contributed by atoms with Crippen molar-refractivity contribution >= 4 is 18.0 Å². The number of methoxy groups -OCH3 is 1. The molecule has 0 unspecified atom stereocenters. The highest BCUT2D eigenvalue weighted by molar-refractivity contribution is 5.91. The van der Waals surface area contributed by atoms with Crippen LogP contribution in [0.2, 0.25) is 0 Å². The SMILES string of the molecule is COC(=[OH+])c1ccc(/C=C/C(=O)OC(C)(C)C)c(C)c1. The van der Waals surface area contributed by atoms with E-state index in [1.807, 2.05) is 27.7 Å². The van der Waals surface area contributed by atoms with Crippen LogP contribution in [0.3, 0.4) is 0 Å². The van der Waals surface area contributed by atoms with E-state index in [-0.39, 0.29) is 11.9 Å². The van der Waals surface area contributed by atoms with Crippen LogP contribution >= 0.6 is 0 Å². The Morgan fingerprint density at radius 2 is 1.95 bits per heavy atom. The van der Waals surface area contributed by atoms with Crippen LogP contribution in [0.25, 0.3) is 6.08 Å². The second-order valence-corrected chi connectivity index (χ2v) is 5.45. The van der Waals surface area contributed by atoms with Gasteiger partial charge in [-0.05, 0) is 57.0 Å². The fourth-order valence-electron chi connectivity index (χ4n) is 1.61. The van der Waals surface area contributed by atoms with Crippen molar-refractivity contribution in [2.75, 3.05) is 7.11 Å². The minimum atomic E-state index is -0.500. The van der Waals surface area contributed by atoms with E-state index >= 15 is 0 Å². The number of aryl methyl sites for hydroxylation is 1. The zero-order valence-corrected chi connectivity index (χ0v) is 12.6. The van der Waals surface area contributed by atoms with Crippen LogP contribution in [0, 0.1) is 6.92 Å². The van der Waals surface area contributed by atoms with E-state index in [0.717, 1.165) is 11.1 Å². The van der Waals surface area contributed by atoms with Crippen LogP contribution in [-0.4, -0.2) is 29.4 Å². The number of esters is 2. The number of carbonyl (C=O) groups is 1. The molecule has 108 valence electrons. The van der Waals surface area contributed by atoms with Crippen molar-refractivity contribution in [1.29, 1.82) is 0 Å². The molecular formula is C16H21O4+. The topological polar surface area (TPSA) is 56.9 Å². The van der Waals surface area contributed by atoms with E-state index in [0.29, 0.717) is 5.56 Å². The monoisotopic (exact) mass is 277 g/mol. The lowest BCUT2D eigenvalue weighted by atomic mass is 10.0. The van der Waals surface area contributed by atoms with Gasteiger partial charge in [-0.2, -0.15) is 0 Å². The second kappa shape index (κ2) is 6.37. The van der Waals surface area contributed by atoms with Crippen molar-refractivity contribution in [2.45, 2.75) is 33.3 Å². The summed E-state index contributed by atoms with van der Waals surface area (Å²) in [5.74, 6) is -0.511. The molecule has 0 heterocycles. The second-order valence-electron chi connectivity index (χ2n) is 5.45. The van der Waals surface area contributed by atoms with Crippen LogP contribution in [0.5, 0.6) is 0 Å². The Labute approximate surface area is 119 Å². The van der Waals surface area contributed by atoms with Crippen LogP contribution < -0.4 is 0 Å². The van der Waals surface area contributed by atoms with Gasteiger partial charge in [-0.15, -0.1) is 0 Å². The van der Waals surface area contributed by atoms with E-state index < -0.39 is 5.60 Å². The number of benzene rings is 1. The molecule has 0 aliphatic rings. The Bertz CT molecular complexity index is 536. The molecule has 0 atom stereocenters. The Balaban J connectivity index is 2.84. The molecule has 0 bridgehead atoms. The molecule has 0 radical (unpaired) electrons. The number of hydrogen-bond donors (Lipinski definition) is 0. The van der Waals surface area contributed by atoms with Gasteiger partial charge in [0.2, 0.25) is 0 Å². The van der Waals surface area contributed by atoms with Crippen LogP contribution in [0.4, 0.5) is 0 Å². The lowest BCUT2D eigenvalue weighted by Crippen LogP contribution is -2.22. The summed E-state index contributed by atoms with van der Waals surface area (Å²) in [5, 5.41) is 0. The predicted molar refractivity (Wildman–Crippen MR) is 79.1 cm³/mol. The quantitative estimate of drug-likeness (QED) is 0.485. The van der Waals surface area contributed by atoms with Gasteiger partial charge >= 0.3 is 11.9 Å². The molecule has 0 fully saturated rings. The molecule has 0 spiro atoms. The van der Waals surface area contributed by atoms with E-state index in [1.165, 1.54) is 13.2 Å². The molecule has 1 N–H and O–H groups in total. The van der Waals surface area contributed by atoms with Crippen molar-refractivity contribution in [3.63, 3.8) is 0 Å². The maximum Gasteiger partial charge on any atom is 0.517 e. The number of ether oxygens (including phenoxy) is 2. The summed E-state index contributed by atoms with van der Waals surface area (Å²) in [6, 6.07) is 5.31. The zero-order valence-electron chi connectivity index (χ0n) is 12.6. The first-order valence-electron chi connectivity index (χ1n) is 6.35. The van der Waals surface area contributed by atoms with Crippen molar-refractivity contribution in [1.82, 2.24) is 0 Å². The van der Waals surface area contributed by atoms with Gasteiger partial charge < -0.3 is 14.3 Å². The summed E-state index contributed by atoms with van der Waals surface area (Å²) >= 11 is 0. The first-order chi connectivity index (χ1) is 9.23. The Morgan fingerprint density at radius 3 is 2.45 bits per heavy atom. The molecule has 1 aromatic carbocycles. The smallest absolute Gasteiger partial charge is 0.457 e. The van der Waals surface area contributed by atoms with Gasteiger partial charge in [0, 0.05) is 6.08 Å². The predicted octanol–water partition coefficient (Wildman–Crippen LogP) is 2.85. The van der Waals surface area contributed by atoms with E-state index in [4.69, 9.17) is 9.47 Å². The van der Waals surface area contributed by atoms with Crippen LogP contribution in [-0.2, 0) is 14.3 Å². The number of carbonyl (C=O) groups excluding carboxylic acids is 2. The summed E-state index contributed by atoms with van der Waals surface area (Å²) < 4.78 is 9.95. The van der Waals surface area contributed by atoms with E-state index in [2.05, 4.69) is 0 Å². The van der Waals surface area contributed by atoms with Crippen molar-refractivity contribution in [2.24, 2.45) is 0 Å². The Kier molecular flexibility index (Phi) is 5.08. The highest BCUT2D eigenvalue weighted by Gasteiger charge is 2.15. The fraction of sp³-hybridized carbons (Fsp3) is 0.375. The van der Waals surface area contributed by atoms with Crippen LogP contribution in [0.1, 0.15) is 37.5 Å². The first-order valence-corrected chi connectivity index (χ1v) is 6.35. The first kappa shape index (κ1) is 16.0. The largest absolute Gasteiger partial charge is 0.517 e. The van der Waals surface area contributed by atoms with Crippen molar-refractivity contribution in [3.05, 3.63) is 41.0 Å². The summed E-state index contributed by atoms with van der Waals surface area (Å²) in [7, 11) is 1.40. The summed E-state index contributed by atoms with van der Waals surface area (Å²) in [6.45, 7) is 7.35. The lowest BCUT2D eigenvalue weighted by Gasteiger charge is -2.17. The Morgan fingerprint density at radius 1 is 1.30 bits per heavy atom. The molecule has 0 aliphatic carbocycles. The third kappa shape index (κ3) is 4.88. The zero-order chi connectivity index (χ0) is 15.3. The lowest BCUT2D eigenvalue weighted by molar-refractivity contribution is -0.148. The van der Waals surface area contributed by atoms with Gasteiger partial charge in [-0.1, -0.05) is 6.07 Å². The van der Waals surface area contributed by atoms with Gasteiger partial charge in [-0.3, -0.25) is 0 Å². The molecule has 20 heavy (non-hydrogen) atoms. The maximum atomic E-state index is 11.6. The van der Waals surface area contributed by atoms with Crippen LogP contribution in [0.15, 0.2) is 24.3 Å². The molecular weight excluding hydrogens is 256 g/mol. The fourth-order valence-corrected chi connectivity index (χ4v) is 1.61. The standard InChI is InChI=1S/C16H20O4/c1-11-10-13(15(18)19-5)7-6-12(11)8-9-14(17)20-16(2,3)4/h6-10H,1-5H3/p+1/b9-8+. The average Bonchev–Trinajstić information content (AvgIpc) is 2.34. The van der Waals surface area contributed by atoms with Gasteiger partial charge in [0.25, 0.3) is 0 Å². The van der Waals surface area contributed by atoms with Gasteiger partial charge in [0.05, 0.1) is 0 Å². The van der Waals surface area contributed by atoms with Crippen molar-refractivity contribution < 1.29 is 19.1 Å². The molecule has 0 saturated heterocycles. The molecule has 4 nitrogen and oxygen atoms in total. The third-order valence-electron chi connectivity index (χ3n) is 2.52. The number of hydrogen-bond acceptors (Lipinski definition) is 3. The molecule has 4 heteroatoms. The molecule has 0 amide bonds. The Hall–Kier alpha value is -2.10. The molecule has 1 aromatic rings. The van der Waals surface area contributed by atoms with E-state index in [9.17, 15) is 9.59 Å². The molecule has 0 aliphatic heterocycles. The molecule has 0 aromatic heterocycles. The highest BCUT2D eigenvalue weighted by atomic mass is 16.6. The molecule has 1 rings (SSSR count). The minimum absolute atomic E-state index is 0.129. The minimum Gasteiger partial charge on any atom is -0.457 e. The third-order valence-corrected chi connectivity index (χ3v) is 2.52. The average molecular weight is 277 g/mol. The molecule has 0 saturated carbocycles. The van der Waals surface area contributed by atoms with Gasteiger partial charge in [-0.25, -0.2) is 4.79 Å². The number of rotatable bonds is 3. The maximum absolute atomic E-state index is 11.6. The van der Waals surface area contributed by atoms with Gasteiger partial charge in [0.1, 0.15) is 11.2 Å². The summed E-state index contributed by atoms with van der Waals surface area (Å²) in [6.07, 6.45) is 3.09. The summed E-state index contributed by atoms with van der Waals surface area (Å²) in [4.78, 5) is 21.1. The van der Waals surface area contributed by atoms with Crippen molar-refractivity contribution in [3.8, 4) is 0 Å². The highest BCUT2D eigenvalue weighted by Crippen LogP contribution is 2.14.